The average Bonchev–Trinajstić information content (AvgIpc) is 3.30. The van der Waals surface area contributed by atoms with Gasteiger partial charge in [-0.25, -0.2) is 4.79 Å². The summed E-state index contributed by atoms with van der Waals surface area (Å²) in [5.74, 6) is -7.97. The number of ether oxygens (including phenoxy) is 6. The van der Waals surface area contributed by atoms with Crippen LogP contribution in [0, 0.1) is 29.6 Å². The fourth-order valence-electron chi connectivity index (χ4n) is 10.5. The first-order chi connectivity index (χ1) is 31.3. The summed E-state index contributed by atoms with van der Waals surface area (Å²) in [6, 6.07) is 4.82. The van der Waals surface area contributed by atoms with Crippen LogP contribution in [-0.4, -0.2) is 138 Å². The number of piperidine rings is 1. The number of esters is 1. The van der Waals surface area contributed by atoms with Crippen molar-refractivity contribution in [1.29, 1.82) is 0 Å². The van der Waals surface area contributed by atoms with E-state index < -0.39 is 77.8 Å². The lowest BCUT2D eigenvalue weighted by Gasteiger charge is -2.47. The molecule has 5 rings (SSSR count). The zero-order valence-electron chi connectivity index (χ0n) is 40.4. The van der Waals surface area contributed by atoms with Gasteiger partial charge >= 0.3 is 5.97 Å². The van der Waals surface area contributed by atoms with Crippen LogP contribution in [0.1, 0.15) is 123 Å². The van der Waals surface area contributed by atoms with Crippen molar-refractivity contribution in [3.63, 3.8) is 0 Å². The van der Waals surface area contributed by atoms with Gasteiger partial charge in [-0.2, -0.15) is 0 Å². The summed E-state index contributed by atoms with van der Waals surface area (Å²) in [4.78, 5) is 71.2. The van der Waals surface area contributed by atoms with Crippen molar-refractivity contribution in [2.24, 2.45) is 29.6 Å². The van der Waals surface area contributed by atoms with E-state index in [9.17, 15) is 39.3 Å². The van der Waals surface area contributed by atoms with E-state index in [4.69, 9.17) is 28.4 Å². The second kappa shape index (κ2) is 23.9. The summed E-state index contributed by atoms with van der Waals surface area (Å²) in [5, 5.41) is 33.5. The minimum atomic E-state index is -2.53. The molecule has 1 amide bonds. The lowest BCUT2D eigenvalue weighted by atomic mass is 9.81. The number of phenols is 1. The van der Waals surface area contributed by atoms with Gasteiger partial charge in [0.1, 0.15) is 36.4 Å². The first-order valence-corrected chi connectivity index (χ1v) is 23.9. The molecule has 0 aromatic heterocycles. The number of fused-ring (bicyclic) bond motifs is 3. The van der Waals surface area contributed by atoms with Crippen LogP contribution >= 0.6 is 0 Å². The number of ketones is 3. The molecule has 15 heteroatoms. The van der Waals surface area contributed by atoms with Crippen LogP contribution in [0.15, 0.2) is 47.6 Å². The fourth-order valence-corrected chi connectivity index (χ4v) is 10.5. The molecule has 1 aliphatic carbocycles. The third-order valence-corrected chi connectivity index (χ3v) is 14.5. The number of hydrogen-bond donors (Lipinski definition) is 3. The Kier molecular flexibility index (Phi) is 19.3. The van der Waals surface area contributed by atoms with Crippen LogP contribution in [0.3, 0.4) is 0 Å². The molecule has 3 N–H and O–H groups in total. The van der Waals surface area contributed by atoms with Gasteiger partial charge in [0.25, 0.3) is 11.7 Å². The van der Waals surface area contributed by atoms with Gasteiger partial charge in [0.15, 0.2) is 5.78 Å². The number of rotatable bonds is 10. The quantitative estimate of drug-likeness (QED) is 0.105. The minimum Gasteiger partial charge on any atom is -0.508 e. The number of aliphatic hydroxyl groups is 2. The van der Waals surface area contributed by atoms with Gasteiger partial charge < -0.3 is 48.6 Å². The zero-order valence-corrected chi connectivity index (χ0v) is 40.4. The molecule has 1 aromatic carbocycles. The highest BCUT2D eigenvalue weighted by atomic mass is 16.7. The van der Waals surface area contributed by atoms with Gasteiger partial charge in [-0.3, -0.25) is 19.2 Å². The van der Waals surface area contributed by atoms with Crippen LogP contribution in [-0.2, 0) is 47.6 Å². The molecule has 2 saturated heterocycles. The second-order valence-electron chi connectivity index (χ2n) is 19.4. The van der Waals surface area contributed by atoms with Crippen molar-refractivity contribution in [3.05, 3.63) is 53.1 Å². The molecule has 14 atom stereocenters. The van der Waals surface area contributed by atoms with Crippen molar-refractivity contribution in [2.45, 2.75) is 167 Å². The maximum Gasteiger partial charge on any atom is 0.329 e. The SMILES string of the molecule is CCC1C=C(C)CC(C)CC(OC)C2OC(O)(C(=O)C(=O)N3CCCCC3C(=O)OC(C(C)=CC3CCC(OCC(=O)c4ccc(O)cc4)C(OC)C3)C(C)C(O)CC1=O)C(C)CC2OC. The van der Waals surface area contributed by atoms with Crippen molar-refractivity contribution < 1.29 is 67.7 Å². The van der Waals surface area contributed by atoms with Crippen molar-refractivity contribution in [1.82, 2.24) is 4.90 Å². The van der Waals surface area contributed by atoms with Crippen molar-refractivity contribution in [2.75, 3.05) is 34.5 Å². The predicted molar refractivity (Wildman–Crippen MR) is 244 cm³/mol. The number of methoxy groups -OCH3 is 3. The van der Waals surface area contributed by atoms with Gasteiger partial charge in [0.2, 0.25) is 5.79 Å². The molecule has 3 heterocycles. The second-order valence-corrected chi connectivity index (χ2v) is 19.4. The van der Waals surface area contributed by atoms with E-state index >= 15 is 0 Å². The molecular formula is C51H75NO14. The molecule has 0 spiro atoms. The number of cyclic esters (lactones) is 1. The topological polar surface area (TPSA) is 205 Å². The maximum absolute atomic E-state index is 14.5. The Morgan fingerprint density at radius 2 is 1.56 bits per heavy atom. The van der Waals surface area contributed by atoms with E-state index in [1.165, 1.54) is 31.3 Å². The Bertz CT molecular complexity index is 1900. The number of Topliss-reactive ketones (excluding diaryl/α,β-unsaturated/α-hetero) is 3. The van der Waals surface area contributed by atoms with Crippen LogP contribution in [0.5, 0.6) is 5.75 Å². The van der Waals surface area contributed by atoms with Crippen LogP contribution < -0.4 is 0 Å². The summed E-state index contributed by atoms with van der Waals surface area (Å²) in [6.45, 7) is 11.0. The molecule has 66 heavy (non-hydrogen) atoms. The van der Waals surface area contributed by atoms with E-state index in [2.05, 4.69) is 0 Å². The minimum absolute atomic E-state index is 0.0136. The maximum atomic E-state index is 14.5. The number of allylic oxidation sites excluding steroid dienone is 3. The van der Waals surface area contributed by atoms with Gasteiger partial charge in [-0.05, 0) is 120 Å². The van der Waals surface area contributed by atoms with E-state index in [0.717, 1.165) is 5.57 Å². The normalized spacial score (nSPS) is 36.2. The summed E-state index contributed by atoms with van der Waals surface area (Å²) in [5.41, 5.74) is 2.03. The number of carbonyl (C=O) groups excluding carboxylic acids is 5. The molecule has 4 aliphatic rings. The number of hydrogen-bond acceptors (Lipinski definition) is 14. The van der Waals surface area contributed by atoms with Crippen LogP contribution in [0.25, 0.3) is 0 Å². The summed E-state index contributed by atoms with van der Waals surface area (Å²) >= 11 is 0. The first kappa shape index (κ1) is 53.1. The van der Waals surface area contributed by atoms with Gasteiger partial charge in [0.05, 0.1) is 30.5 Å². The molecule has 1 aromatic rings. The molecule has 3 aliphatic heterocycles. The molecule has 14 unspecified atom stereocenters. The number of benzene rings is 1. The summed E-state index contributed by atoms with van der Waals surface area (Å²) in [6.07, 6.45) is 3.54. The smallest absolute Gasteiger partial charge is 0.329 e. The van der Waals surface area contributed by atoms with Crippen molar-refractivity contribution >= 4 is 29.2 Å². The third-order valence-electron chi connectivity index (χ3n) is 14.5. The number of nitrogens with zero attached hydrogens (tertiary/aromatic N) is 1. The van der Waals surface area contributed by atoms with Crippen molar-refractivity contribution in [3.8, 4) is 5.75 Å². The highest BCUT2D eigenvalue weighted by molar-refractivity contribution is 6.39. The molecule has 2 bridgehead atoms. The monoisotopic (exact) mass is 926 g/mol. The molecule has 15 nitrogen and oxygen atoms in total. The standard InChI is InChI=1S/C51H75NO14/c1-10-35-22-29(2)21-30(3)23-44(62-8)47-45(63-9)25-32(5)51(60,66-47)48(57)49(58)52-20-12-11-13-38(52)50(59)65-46(33(6)39(54)27-40(35)55)31(4)24-34-14-19-42(43(26-34)61-7)64-28-41(56)36-15-17-37(53)18-16-36/h15-18,22,24,30,32-35,38-39,42-47,53-54,60H,10-14,19-21,23,25-28H2,1-9H3. The largest absolute Gasteiger partial charge is 0.508 e. The Morgan fingerprint density at radius 3 is 2.21 bits per heavy atom. The van der Waals surface area contributed by atoms with E-state index in [1.807, 2.05) is 39.8 Å². The summed E-state index contributed by atoms with van der Waals surface area (Å²) in [7, 11) is 4.64. The number of aromatic hydroxyl groups is 1. The van der Waals surface area contributed by atoms with Crippen LogP contribution in [0.4, 0.5) is 0 Å². The highest BCUT2D eigenvalue weighted by Gasteiger charge is 2.56. The Balaban J connectivity index is 1.45. The average molecular weight is 926 g/mol. The first-order valence-electron chi connectivity index (χ1n) is 23.9. The Hall–Kier alpha value is -3.83. The predicted octanol–water partition coefficient (Wildman–Crippen LogP) is 6.09. The third kappa shape index (κ3) is 12.8. The van der Waals surface area contributed by atoms with E-state index in [0.29, 0.717) is 62.5 Å². The fraction of sp³-hybridized carbons (Fsp3) is 0.706. The van der Waals surface area contributed by atoms with Gasteiger partial charge in [-0.15, -0.1) is 0 Å². The molecule has 1 saturated carbocycles. The Morgan fingerprint density at radius 1 is 0.894 bits per heavy atom. The molecule has 368 valence electrons. The highest BCUT2D eigenvalue weighted by Crippen LogP contribution is 2.39. The Labute approximate surface area is 390 Å². The number of carbonyl (C=O) groups is 5. The number of phenolic OH excluding ortho intramolecular Hbond substituents is 1. The number of amides is 1. The summed E-state index contributed by atoms with van der Waals surface area (Å²) < 4.78 is 36.3. The zero-order chi connectivity index (χ0) is 48.5. The number of aliphatic hydroxyl groups excluding tert-OH is 1. The van der Waals surface area contributed by atoms with E-state index in [1.54, 1.807) is 33.1 Å². The van der Waals surface area contributed by atoms with Gasteiger partial charge in [0, 0.05) is 57.6 Å². The van der Waals surface area contributed by atoms with Crippen LogP contribution in [0.2, 0.25) is 0 Å². The molecule has 3 fully saturated rings. The lowest BCUT2D eigenvalue weighted by Crippen LogP contribution is -2.64. The molecule has 0 radical (unpaired) electrons. The van der Waals surface area contributed by atoms with E-state index in [-0.39, 0.29) is 73.8 Å². The molecular weight excluding hydrogens is 851 g/mol. The van der Waals surface area contributed by atoms with Gasteiger partial charge in [-0.1, -0.05) is 45.4 Å². The lowest BCUT2D eigenvalue weighted by molar-refractivity contribution is -0.302.